The topological polar surface area (TPSA) is 49.4 Å². The minimum absolute atomic E-state index is 0.0578. The number of hydrogen-bond acceptors (Lipinski definition) is 2. The highest BCUT2D eigenvalue weighted by Crippen LogP contribution is 2.23. The fourth-order valence-corrected chi connectivity index (χ4v) is 2.86. The molecule has 0 saturated carbocycles. The van der Waals surface area contributed by atoms with Crippen LogP contribution in [0.5, 0.6) is 0 Å². The molecule has 2 aromatic rings. The molecule has 1 saturated heterocycles. The van der Waals surface area contributed by atoms with Crippen molar-refractivity contribution in [2.24, 2.45) is 5.92 Å². The fraction of sp³-hybridized carbons (Fsp3) is 0.222. The Hall–Kier alpha value is -2.47. The summed E-state index contributed by atoms with van der Waals surface area (Å²) in [6.07, 6.45) is 0.0578. The number of rotatable bonds is 4. The van der Waals surface area contributed by atoms with Gasteiger partial charge in [0.2, 0.25) is 11.8 Å². The number of nitrogens with one attached hydrogen (secondary N) is 1. The molecule has 3 rings (SSSR count). The SMILES string of the molecule is O=C(Nc1ccc(F)cc1F)C1CC(=O)N(Cc2ccc(Cl)cc2)C1. The van der Waals surface area contributed by atoms with Gasteiger partial charge >= 0.3 is 0 Å². The van der Waals surface area contributed by atoms with Gasteiger partial charge in [-0.2, -0.15) is 0 Å². The molecule has 0 spiro atoms. The van der Waals surface area contributed by atoms with Gasteiger partial charge in [-0.3, -0.25) is 9.59 Å². The third-order valence-electron chi connectivity index (χ3n) is 4.06. The third kappa shape index (κ3) is 4.14. The van der Waals surface area contributed by atoms with E-state index in [1.54, 1.807) is 17.0 Å². The molecular weight excluding hydrogens is 350 g/mol. The largest absolute Gasteiger partial charge is 0.338 e. The Balaban J connectivity index is 1.63. The summed E-state index contributed by atoms with van der Waals surface area (Å²) in [5.74, 6) is -2.76. The number of amides is 2. The van der Waals surface area contributed by atoms with E-state index in [9.17, 15) is 18.4 Å². The van der Waals surface area contributed by atoms with Crippen LogP contribution in [0.1, 0.15) is 12.0 Å². The van der Waals surface area contributed by atoms with Crippen LogP contribution in [0.15, 0.2) is 42.5 Å². The van der Waals surface area contributed by atoms with Crippen LogP contribution in [0.2, 0.25) is 5.02 Å². The molecule has 1 aliphatic heterocycles. The first-order valence-corrected chi connectivity index (χ1v) is 8.08. The Bertz CT molecular complexity index is 811. The Morgan fingerprint density at radius 1 is 1.20 bits per heavy atom. The quantitative estimate of drug-likeness (QED) is 0.901. The maximum Gasteiger partial charge on any atom is 0.229 e. The minimum Gasteiger partial charge on any atom is -0.338 e. The van der Waals surface area contributed by atoms with Gasteiger partial charge in [0.25, 0.3) is 0 Å². The van der Waals surface area contributed by atoms with Crippen LogP contribution in [0, 0.1) is 17.6 Å². The molecule has 4 nitrogen and oxygen atoms in total. The van der Waals surface area contributed by atoms with E-state index in [0.29, 0.717) is 17.6 Å². The molecule has 0 aromatic heterocycles. The van der Waals surface area contributed by atoms with Gasteiger partial charge in [-0.25, -0.2) is 8.78 Å². The highest BCUT2D eigenvalue weighted by molar-refractivity contribution is 6.30. The van der Waals surface area contributed by atoms with Crippen LogP contribution in [0.3, 0.4) is 0 Å². The molecule has 1 atom stereocenters. The normalized spacial score (nSPS) is 17.0. The molecule has 1 aliphatic rings. The molecule has 130 valence electrons. The van der Waals surface area contributed by atoms with Crippen LogP contribution in [0.4, 0.5) is 14.5 Å². The second kappa shape index (κ2) is 7.19. The van der Waals surface area contributed by atoms with Crippen molar-refractivity contribution >= 4 is 29.1 Å². The summed E-state index contributed by atoms with van der Waals surface area (Å²) in [6.45, 7) is 0.626. The van der Waals surface area contributed by atoms with Crippen molar-refractivity contribution in [3.05, 3.63) is 64.7 Å². The Kier molecular flexibility index (Phi) is 4.99. The molecule has 25 heavy (non-hydrogen) atoms. The van der Waals surface area contributed by atoms with Gasteiger partial charge in [-0.05, 0) is 29.8 Å². The van der Waals surface area contributed by atoms with Gasteiger partial charge in [-0.1, -0.05) is 23.7 Å². The number of anilines is 1. The smallest absolute Gasteiger partial charge is 0.229 e. The van der Waals surface area contributed by atoms with Gasteiger partial charge in [0.15, 0.2) is 0 Å². The molecule has 1 heterocycles. The predicted molar refractivity (Wildman–Crippen MR) is 90.0 cm³/mol. The minimum atomic E-state index is -0.851. The molecule has 2 amide bonds. The van der Waals surface area contributed by atoms with Crippen molar-refractivity contribution < 1.29 is 18.4 Å². The van der Waals surface area contributed by atoms with E-state index in [2.05, 4.69) is 5.32 Å². The highest BCUT2D eigenvalue weighted by Gasteiger charge is 2.34. The summed E-state index contributed by atoms with van der Waals surface area (Å²) in [6, 6.07) is 10.0. The van der Waals surface area contributed by atoms with Crippen molar-refractivity contribution in [3.63, 3.8) is 0 Å². The Morgan fingerprint density at radius 2 is 1.92 bits per heavy atom. The van der Waals surface area contributed by atoms with Crippen molar-refractivity contribution in [3.8, 4) is 0 Å². The van der Waals surface area contributed by atoms with E-state index in [4.69, 9.17) is 11.6 Å². The fourth-order valence-electron chi connectivity index (χ4n) is 2.74. The zero-order valence-corrected chi connectivity index (χ0v) is 13.9. The van der Waals surface area contributed by atoms with Crippen LogP contribution >= 0.6 is 11.6 Å². The van der Waals surface area contributed by atoms with Gasteiger partial charge in [-0.15, -0.1) is 0 Å². The zero-order valence-electron chi connectivity index (χ0n) is 13.1. The maximum atomic E-state index is 13.6. The van der Waals surface area contributed by atoms with E-state index in [0.717, 1.165) is 17.7 Å². The molecular formula is C18H15ClF2N2O2. The molecule has 1 N–H and O–H groups in total. The molecule has 7 heteroatoms. The number of carbonyl (C=O) groups excluding carboxylic acids is 2. The Labute approximate surface area is 148 Å². The Morgan fingerprint density at radius 3 is 2.60 bits per heavy atom. The lowest BCUT2D eigenvalue weighted by Gasteiger charge is -2.17. The van der Waals surface area contributed by atoms with Crippen molar-refractivity contribution in [2.75, 3.05) is 11.9 Å². The summed E-state index contributed by atoms with van der Waals surface area (Å²) < 4.78 is 26.5. The first-order valence-electron chi connectivity index (χ1n) is 7.70. The first kappa shape index (κ1) is 17.4. The maximum absolute atomic E-state index is 13.6. The lowest BCUT2D eigenvalue weighted by atomic mass is 10.1. The van der Waals surface area contributed by atoms with E-state index in [-0.39, 0.29) is 24.6 Å². The summed E-state index contributed by atoms with van der Waals surface area (Å²) in [5.41, 5.74) is 0.804. The number of benzene rings is 2. The number of likely N-dealkylation sites (tertiary alicyclic amines) is 1. The second-order valence-corrected chi connectivity index (χ2v) is 6.35. The van der Waals surface area contributed by atoms with E-state index in [1.807, 2.05) is 12.1 Å². The second-order valence-electron chi connectivity index (χ2n) is 5.92. The lowest BCUT2D eigenvalue weighted by Crippen LogP contribution is -2.28. The van der Waals surface area contributed by atoms with Crippen LogP contribution in [0.25, 0.3) is 0 Å². The number of nitrogens with zero attached hydrogens (tertiary/aromatic N) is 1. The summed E-state index contributed by atoms with van der Waals surface area (Å²) in [4.78, 5) is 26.0. The van der Waals surface area contributed by atoms with Crippen LogP contribution in [-0.4, -0.2) is 23.3 Å². The lowest BCUT2D eigenvalue weighted by molar-refractivity contribution is -0.128. The molecule has 0 radical (unpaired) electrons. The molecule has 0 aliphatic carbocycles. The predicted octanol–water partition coefficient (Wildman–Crippen LogP) is 3.61. The van der Waals surface area contributed by atoms with Gasteiger partial charge < -0.3 is 10.2 Å². The summed E-state index contributed by atoms with van der Waals surface area (Å²) >= 11 is 5.83. The van der Waals surface area contributed by atoms with E-state index in [1.165, 1.54) is 0 Å². The average Bonchev–Trinajstić information content (AvgIpc) is 2.93. The summed E-state index contributed by atoms with van der Waals surface area (Å²) in [5, 5.41) is 3.02. The monoisotopic (exact) mass is 364 g/mol. The number of carbonyl (C=O) groups is 2. The molecule has 2 aromatic carbocycles. The molecule has 1 unspecified atom stereocenters. The van der Waals surface area contributed by atoms with Gasteiger partial charge in [0, 0.05) is 30.6 Å². The van der Waals surface area contributed by atoms with Gasteiger partial charge in [0.05, 0.1) is 11.6 Å². The molecule has 0 bridgehead atoms. The number of halogens is 3. The standard InChI is InChI=1S/C18H15ClF2N2O2/c19-13-3-1-11(2-4-13)9-23-10-12(7-17(23)24)18(25)22-16-6-5-14(20)8-15(16)21/h1-6,8,12H,7,9-10H2,(H,22,25). The van der Waals surface area contributed by atoms with Crippen molar-refractivity contribution in [1.82, 2.24) is 4.90 Å². The highest BCUT2D eigenvalue weighted by atomic mass is 35.5. The number of hydrogen-bond donors (Lipinski definition) is 1. The van der Waals surface area contributed by atoms with Crippen LogP contribution in [-0.2, 0) is 16.1 Å². The average molecular weight is 365 g/mol. The first-order chi connectivity index (χ1) is 11.9. The van der Waals surface area contributed by atoms with Crippen LogP contribution < -0.4 is 5.32 Å². The molecule has 1 fully saturated rings. The van der Waals surface area contributed by atoms with Crippen molar-refractivity contribution in [2.45, 2.75) is 13.0 Å². The van der Waals surface area contributed by atoms with E-state index >= 15 is 0 Å². The van der Waals surface area contributed by atoms with E-state index < -0.39 is 23.5 Å². The third-order valence-corrected chi connectivity index (χ3v) is 4.31. The van der Waals surface area contributed by atoms with Gasteiger partial charge in [0.1, 0.15) is 11.6 Å². The zero-order chi connectivity index (χ0) is 18.0. The van der Waals surface area contributed by atoms with Crippen molar-refractivity contribution in [1.29, 1.82) is 0 Å². The summed E-state index contributed by atoms with van der Waals surface area (Å²) in [7, 11) is 0.